The van der Waals surface area contributed by atoms with Crippen LogP contribution in [-0.4, -0.2) is 48.1 Å². The maximum absolute atomic E-state index is 12.0. The highest BCUT2D eigenvalue weighted by atomic mass is 16.5. The minimum absolute atomic E-state index is 0.0334. The predicted molar refractivity (Wildman–Crippen MR) is 144 cm³/mol. The quantitative estimate of drug-likeness (QED) is 0.398. The summed E-state index contributed by atoms with van der Waals surface area (Å²) in [5.41, 5.74) is 6.89. The second-order valence-corrected chi connectivity index (χ2v) is 10.9. The van der Waals surface area contributed by atoms with Crippen LogP contribution in [0, 0.1) is 13.8 Å². The second-order valence-electron chi connectivity index (χ2n) is 10.9. The van der Waals surface area contributed by atoms with Crippen LogP contribution in [0.4, 0.5) is 0 Å². The molecule has 0 aliphatic carbocycles. The number of carboxylic acid groups (broad SMARTS) is 1. The SMILES string of the molecule is Cc1ccc(C(CC(=O)O)c2ccc3c(nnn3C)c2C)cc1CN1Cc2[nH]c(=O)ccc2OC(C)(C)C1. The lowest BCUT2D eigenvalue weighted by atomic mass is 9.84. The summed E-state index contributed by atoms with van der Waals surface area (Å²) in [6.45, 7) is 9.96. The summed E-state index contributed by atoms with van der Waals surface area (Å²) in [6.07, 6.45) is -0.0334. The van der Waals surface area contributed by atoms with Crippen molar-refractivity contribution >= 4 is 17.0 Å². The average molecular weight is 516 g/mol. The summed E-state index contributed by atoms with van der Waals surface area (Å²) in [5.74, 6) is -0.499. The van der Waals surface area contributed by atoms with Crippen LogP contribution in [0.25, 0.3) is 11.0 Å². The summed E-state index contributed by atoms with van der Waals surface area (Å²) in [4.78, 5) is 29.2. The normalized spacial score (nSPS) is 16.0. The number of benzene rings is 2. The van der Waals surface area contributed by atoms with Gasteiger partial charge in [-0.05, 0) is 67.6 Å². The summed E-state index contributed by atoms with van der Waals surface area (Å²) in [7, 11) is 1.85. The minimum Gasteiger partial charge on any atom is -0.485 e. The Morgan fingerprint density at radius 3 is 2.74 bits per heavy atom. The van der Waals surface area contributed by atoms with Gasteiger partial charge in [-0.15, -0.1) is 5.10 Å². The number of fused-ring (bicyclic) bond motifs is 2. The first kappa shape index (κ1) is 25.7. The lowest BCUT2D eigenvalue weighted by Gasteiger charge is -2.30. The molecule has 2 aromatic carbocycles. The van der Waals surface area contributed by atoms with Crippen molar-refractivity contribution in [2.24, 2.45) is 7.05 Å². The van der Waals surface area contributed by atoms with Crippen molar-refractivity contribution in [2.45, 2.75) is 58.7 Å². The third kappa shape index (κ3) is 5.06. The van der Waals surface area contributed by atoms with E-state index in [4.69, 9.17) is 4.74 Å². The molecule has 0 fully saturated rings. The van der Waals surface area contributed by atoms with Crippen LogP contribution >= 0.6 is 0 Å². The Bertz CT molecular complexity index is 1590. The number of nitrogens with one attached hydrogen (secondary N) is 1. The molecule has 5 rings (SSSR count). The first-order chi connectivity index (χ1) is 18.0. The third-order valence-corrected chi connectivity index (χ3v) is 7.33. The van der Waals surface area contributed by atoms with Gasteiger partial charge in [0.25, 0.3) is 0 Å². The number of carbonyl (C=O) groups is 1. The Morgan fingerprint density at radius 1 is 1.18 bits per heavy atom. The lowest BCUT2D eigenvalue weighted by Crippen LogP contribution is -2.40. The minimum atomic E-state index is -0.859. The maximum Gasteiger partial charge on any atom is 0.304 e. The number of aromatic nitrogens is 4. The van der Waals surface area contributed by atoms with Crippen molar-refractivity contribution in [1.82, 2.24) is 24.9 Å². The largest absolute Gasteiger partial charge is 0.485 e. The van der Waals surface area contributed by atoms with Gasteiger partial charge in [0.2, 0.25) is 5.56 Å². The molecule has 0 radical (unpaired) electrons. The standard InChI is InChI=1S/C29H33N5O4/c1-17-6-7-19(22(13-27(36)37)21-8-9-24-28(18(21)2)31-32-33(24)5)12-20(17)14-34-15-23-25(10-11-26(35)30-23)38-29(3,4)16-34/h6-12,22H,13-16H2,1-5H3,(H,30,35)(H,36,37). The van der Waals surface area contributed by atoms with E-state index in [1.165, 1.54) is 6.07 Å². The zero-order chi connectivity index (χ0) is 27.2. The van der Waals surface area contributed by atoms with Gasteiger partial charge in [-0.25, -0.2) is 4.68 Å². The molecule has 4 aromatic rings. The van der Waals surface area contributed by atoms with Gasteiger partial charge in [0, 0.05) is 38.7 Å². The molecule has 0 saturated heterocycles. The highest BCUT2D eigenvalue weighted by Crippen LogP contribution is 2.35. The van der Waals surface area contributed by atoms with Crippen LogP contribution < -0.4 is 10.3 Å². The number of pyridine rings is 1. The average Bonchev–Trinajstić information content (AvgIpc) is 3.16. The molecule has 2 aromatic heterocycles. The predicted octanol–water partition coefficient (Wildman–Crippen LogP) is 4.05. The van der Waals surface area contributed by atoms with Crippen molar-refractivity contribution < 1.29 is 14.6 Å². The van der Waals surface area contributed by atoms with Crippen LogP contribution in [0.1, 0.15) is 59.7 Å². The molecule has 1 atom stereocenters. The van der Waals surface area contributed by atoms with Gasteiger partial charge >= 0.3 is 5.97 Å². The molecule has 1 aliphatic rings. The van der Waals surface area contributed by atoms with Crippen LogP contribution in [0.5, 0.6) is 5.75 Å². The number of hydrogen-bond donors (Lipinski definition) is 2. The van der Waals surface area contributed by atoms with Crippen LogP contribution in [0.15, 0.2) is 47.3 Å². The van der Waals surface area contributed by atoms with Crippen molar-refractivity contribution in [3.8, 4) is 5.75 Å². The number of H-pyrrole nitrogens is 1. The number of aryl methyl sites for hydroxylation is 3. The molecule has 198 valence electrons. The smallest absolute Gasteiger partial charge is 0.304 e. The van der Waals surface area contributed by atoms with Crippen LogP contribution in [0.3, 0.4) is 0 Å². The molecule has 1 aliphatic heterocycles. The number of carboxylic acids is 1. The van der Waals surface area contributed by atoms with E-state index in [-0.39, 0.29) is 17.9 Å². The summed E-state index contributed by atoms with van der Waals surface area (Å²) in [5, 5.41) is 18.3. The molecule has 38 heavy (non-hydrogen) atoms. The van der Waals surface area contributed by atoms with Gasteiger partial charge in [0.05, 0.1) is 17.6 Å². The van der Waals surface area contributed by atoms with Gasteiger partial charge in [-0.2, -0.15) is 0 Å². The van der Waals surface area contributed by atoms with Crippen LogP contribution in [-0.2, 0) is 24.9 Å². The zero-order valence-corrected chi connectivity index (χ0v) is 22.4. The molecule has 0 amide bonds. The van der Waals surface area contributed by atoms with E-state index in [9.17, 15) is 14.7 Å². The first-order valence-electron chi connectivity index (χ1n) is 12.7. The number of aliphatic carboxylic acids is 1. The molecular weight excluding hydrogens is 482 g/mol. The van der Waals surface area contributed by atoms with E-state index in [1.54, 1.807) is 10.7 Å². The number of hydrogen-bond acceptors (Lipinski definition) is 6. The highest BCUT2D eigenvalue weighted by Gasteiger charge is 2.30. The van der Waals surface area contributed by atoms with E-state index in [2.05, 4.69) is 39.3 Å². The number of ether oxygens (including phenoxy) is 1. The van der Waals surface area contributed by atoms with Gasteiger partial charge in [-0.1, -0.05) is 29.5 Å². The fourth-order valence-corrected chi connectivity index (χ4v) is 5.50. The third-order valence-electron chi connectivity index (χ3n) is 7.33. The summed E-state index contributed by atoms with van der Waals surface area (Å²) >= 11 is 0. The van der Waals surface area contributed by atoms with Crippen LogP contribution in [0.2, 0.25) is 0 Å². The molecule has 2 N–H and O–H groups in total. The zero-order valence-electron chi connectivity index (χ0n) is 22.4. The molecule has 0 saturated carbocycles. The Morgan fingerprint density at radius 2 is 1.97 bits per heavy atom. The number of rotatable bonds is 6. The molecular formula is C29H33N5O4. The Kier molecular flexibility index (Phi) is 6.56. The number of aromatic amines is 1. The van der Waals surface area contributed by atoms with E-state index >= 15 is 0 Å². The van der Waals surface area contributed by atoms with Gasteiger partial charge in [0.15, 0.2) is 0 Å². The molecule has 1 unspecified atom stereocenters. The second kappa shape index (κ2) is 9.72. The van der Waals surface area contributed by atoms with Gasteiger partial charge < -0.3 is 14.8 Å². The topological polar surface area (TPSA) is 113 Å². The van der Waals surface area contributed by atoms with E-state index in [1.807, 2.05) is 46.0 Å². The highest BCUT2D eigenvalue weighted by molar-refractivity contribution is 5.80. The van der Waals surface area contributed by atoms with Crippen molar-refractivity contribution in [3.05, 3.63) is 86.3 Å². The molecule has 3 heterocycles. The first-order valence-corrected chi connectivity index (χ1v) is 12.7. The molecule has 0 spiro atoms. The fourth-order valence-electron chi connectivity index (χ4n) is 5.50. The van der Waals surface area contributed by atoms with E-state index in [0.29, 0.717) is 25.4 Å². The van der Waals surface area contributed by atoms with Crippen molar-refractivity contribution in [1.29, 1.82) is 0 Å². The van der Waals surface area contributed by atoms with Crippen molar-refractivity contribution in [2.75, 3.05) is 6.54 Å². The maximum atomic E-state index is 12.0. The van der Waals surface area contributed by atoms with E-state index in [0.717, 1.165) is 44.5 Å². The Hall–Kier alpha value is -3.98. The Balaban J connectivity index is 1.52. The van der Waals surface area contributed by atoms with Gasteiger partial charge in [-0.3, -0.25) is 14.5 Å². The fraction of sp³-hybridized carbons (Fsp3) is 0.379. The molecule has 9 nitrogen and oxygen atoms in total. The Labute approximate surface area is 221 Å². The summed E-state index contributed by atoms with van der Waals surface area (Å²) < 4.78 is 7.94. The van der Waals surface area contributed by atoms with Gasteiger partial charge in [0.1, 0.15) is 16.9 Å². The lowest BCUT2D eigenvalue weighted by molar-refractivity contribution is -0.137. The monoisotopic (exact) mass is 515 g/mol. The van der Waals surface area contributed by atoms with Crippen molar-refractivity contribution in [3.63, 3.8) is 0 Å². The molecule has 0 bridgehead atoms. The van der Waals surface area contributed by atoms with E-state index < -0.39 is 11.6 Å². The number of nitrogens with zero attached hydrogens (tertiary/aromatic N) is 4. The molecule has 9 heteroatoms. The summed E-state index contributed by atoms with van der Waals surface area (Å²) in [6, 6.07) is 13.4.